The van der Waals surface area contributed by atoms with Crippen LogP contribution in [0, 0.1) is 6.92 Å². The Morgan fingerprint density at radius 3 is 1.79 bits per heavy atom. The molecule has 52 heavy (non-hydrogen) atoms. The molecule has 0 bridgehead atoms. The first-order valence-corrected chi connectivity index (χ1v) is 18.1. The third-order valence-electron chi connectivity index (χ3n) is 10.7. The van der Waals surface area contributed by atoms with E-state index in [0.29, 0.717) is 0 Å². The zero-order valence-electron chi connectivity index (χ0n) is 29.7. The second-order valence-electron chi connectivity index (χ2n) is 14.5. The average molecular weight is 670 g/mol. The third kappa shape index (κ3) is 5.78. The summed E-state index contributed by atoms with van der Waals surface area (Å²) in [6.45, 7) is 6.71. The minimum atomic E-state index is -0.0393. The highest BCUT2D eigenvalue weighted by Gasteiger charge is 2.35. The summed E-state index contributed by atoms with van der Waals surface area (Å²) in [7, 11) is 0. The lowest BCUT2D eigenvalue weighted by atomic mass is 9.81. The Kier molecular flexibility index (Phi) is 7.85. The summed E-state index contributed by atoms with van der Waals surface area (Å²) in [5, 5.41) is 0. The van der Waals surface area contributed by atoms with E-state index in [1.165, 1.54) is 44.5 Å². The Morgan fingerprint density at radius 1 is 0.500 bits per heavy atom. The van der Waals surface area contributed by atoms with Gasteiger partial charge in [0.15, 0.2) is 0 Å². The smallest absolute Gasteiger partial charge is 0.136 e. The Hall–Kier alpha value is -6.19. The third-order valence-corrected chi connectivity index (χ3v) is 10.7. The van der Waals surface area contributed by atoms with Gasteiger partial charge in [-0.2, -0.15) is 0 Å². The van der Waals surface area contributed by atoms with Gasteiger partial charge in [-0.15, -0.1) is 0 Å². The van der Waals surface area contributed by atoms with Gasteiger partial charge in [0.25, 0.3) is 0 Å². The van der Waals surface area contributed by atoms with Crippen molar-refractivity contribution in [2.45, 2.75) is 38.5 Å². The Morgan fingerprint density at radius 2 is 1.10 bits per heavy atom. The lowest BCUT2D eigenvalue weighted by Crippen LogP contribution is -2.14. The van der Waals surface area contributed by atoms with E-state index in [1.807, 2.05) is 25.1 Å². The molecule has 2 heterocycles. The van der Waals surface area contributed by atoms with Crippen molar-refractivity contribution in [2.75, 3.05) is 0 Å². The zero-order valence-corrected chi connectivity index (χ0v) is 29.7. The van der Waals surface area contributed by atoms with Gasteiger partial charge in [-0.3, -0.25) is 4.98 Å². The first-order chi connectivity index (χ1) is 25.4. The molecule has 0 radical (unpaired) electrons. The van der Waals surface area contributed by atoms with Crippen molar-refractivity contribution in [3.05, 3.63) is 198 Å². The molecule has 2 aliphatic rings. The molecular weight excluding hydrogens is 631 g/mol. The van der Waals surface area contributed by atoms with Crippen molar-refractivity contribution in [3.63, 3.8) is 0 Å². The molecule has 3 nitrogen and oxygen atoms in total. The van der Waals surface area contributed by atoms with E-state index in [-0.39, 0.29) is 11.3 Å². The lowest BCUT2D eigenvalue weighted by Gasteiger charge is -2.24. The number of nitrogens with zero attached hydrogens (tertiary/aromatic N) is 3. The van der Waals surface area contributed by atoms with E-state index in [9.17, 15) is 0 Å². The van der Waals surface area contributed by atoms with Gasteiger partial charge in [-0.05, 0) is 82.1 Å². The maximum Gasteiger partial charge on any atom is 0.136 e. The van der Waals surface area contributed by atoms with Crippen molar-refractivity contribution in [1.29, 1.82) is 0 Å². The van der Waals surface area contributed by atoms with Crippen LogP contribution in [0.15, 0.2) is 164 Å². The number of rotatable bonds is 6. The SMILES string of the molecule is Cc1cccc(-c2ccc(C3=CC(c4ccc5c(c4)-c4ccccc4C5(C)C)=CC(c4nc(-c5ccccc5)cc(-c5ccccc5)n4)C3)cc2)n1. The second-order valence-corrected chi connectivity index (χ2v) is 14.5. The number of allylic oxidation sites excluding steroid dienone is 4. The highest BCUT2D eigenvalue weighted by Crippen LogP contribution is 2.50. The maximum absolute atomic E-state index is 5.29. The van der Waals surface area contributed by atoms with Crippen LogP contribution in [0.1, 0.15) is 60.0 Å². The molecule has 250 valence electrons. The van der Waals surface area contributed by atoms with Gasteiger partial charge in [-0.25, -0.2) is 9.97 Å². The van der Waals surface area contributed by atoms with E-state index in [2.05, 4.69) is 159 Å². The van der Waals surface area contributed by atoms with Crippen molar-refractivity contribution in [2.24, 2.45) is 0 Å². The first kappa shape index (κ1) is 31.8. The van der Waals surface area contributed by atoms with Crippen LogP contribution in [0.5, 0.6) is 0 Å². The predicted octanol–water partition coefficient (Wildman–Crippen LogP) is 12.1. The molecule has 3 heteroatoms. The minimum absolute atomic E-state index is 0.0313. The average Bonchev–Trinajstić information content (AvgIpc) is 3.43. The molecule has 0 aliphatic heterocycles. The van der Waals surface area contributed by atoms with Crippen LogP contribution < -0.4 is 0 Å². The first-order valence-electron chi connectivity index (χ1n) is 18.1. The van der Waals surface area contributed by atoms with E-state index >= 15 is 0 Å². The number of benzene rings is 5. The normalized spacial score (nSPS) is 15.7. The molecule has 0 saturated carbocycles. The van der Waals surface area contributed by atoms with E-state index in [1.54, 1.807) is 0 Å². The summed E-state index contributed by atoms with van der Waals surface area (Å²) < 4.78 is 0. The van der Waals surface area contributed by atoms with Gasteiger partial charge in [0.1, 0.15) is 5.82 Å². The van der Waals surface area contributed by atoms with Gasteiger partial charge < -0.3 is 0 Å². The highest BCUT2D eigenvalue weighted by atomic mass is 14.9. The molecule has 5 aromatic carbocycles. The van der Waals surface area contributed by atoms with Crippen molar-refractivity contribution in [1.82, 2.24) is 15.0 Å². The van der Waals surface area contributed by atoms with E-state index in [0.717, 1.165) is 51.7 Å². The summed E-state index contributed by atoms with van der Waals surface area (Å²) in [6, 6.07) is 54.0. The van der Waals surface area contributed by atoms with Crippen LogP contribution in [0.25, 0.3) is 56.0 Å². The van der Waals surface area contributed by atoms with Crippen LogP contribution in [-0.4, -0.2) is 15.0 Å². The summed E-state index contributed by atoms with van der Waals surface area (Å²) in [5.41, 5.74) is 17.4. The van der Waals surface area contributed by atoms with Crippen LogP contribution in [0.2, 0.25) is 0 Å². The second kappa shape index (κ2) is 12.9. The zero-order chi connectivity index (χ0) is 35.2. The fourth-order valence-electron chi connectivity index (χ4n) is 7.96. The fraction of sp³-hybridized carbons (Fsp3) is 0.122. The monoisotopic (exact) mass is 669 g/mol. The largest absolute Gasteiger partial charge is 0.253 e. The van der Waals surface area contributed by atoms with Crippen molar-refractivity contribution >= 4 is 11.1 Å². The van der Waals surface area contributed by atoms with Crippen LogP contribution >= 0.6 is 0 Å². The number of hydrogen-bond donors (Lipinski definition) is 0. The molecule has 0 fully saturated rings. The molecule has 0 spiro atoms. The molecule has 0 saturated heterocycles. The van der Waals surface area contributed by atoms with E-state index in [4.69, 9.17) is 15.0 Å². The fourth-order valence-corrected chi connectivity index (χ4v) is 7.96. The van der Waals surface area contributed by atoms with Crippen molar-refractivity contribution in [3.8, 4) is 44.9 Å². The van der Waals surface area contributed by atoms with Crippen molar-refractivity contribution < 1.29 is 0 Å². The molecule has 0 amide bonds. The summed E-state index contributed by atoms with van der Waals surface area (Å²) in [5.74, 6) is 0.799. The minimum Gasteiger partial charge on any atom is -0.253 e. The van der Waals surface area contributed by atoms with Gasteiger partial charge in [0.05, 0.1) is 17.1 Å². The number of hydrogen-bond acceptors (Lipinski definition) is 3. The topological polar surface area (TPSA) is 38.7 Å². The standard InChI is InChI=1S/C49H39N3/c1-32-13-12-20-45(50-32)36-23-21-33(22-24-36)38-27-39(37-25-26-44-42(30-37)41-18-10-11-19-43(41)49(44,2)3)29-40(28-38)48-51-46(34-14-6-4-7-15-34)31-47(52-48)35-16-8-5-9-17-35/h4-27,29-31,40H,28H2,1-3H3. The molecule has 1 unspecified atom stereocenters. The maximum atomic E-state index is 5.29. The summed E-state index contributed by atoms with van der Waals surface area (Å²) in [4.78, 5) is 15.3. The van der Waals surface area contributed by atoms with Crippen LogP contribution in [0.4, 0.5) is 0 Å². The number of fused-ring (bicyclic) bond motifs is 3. The molecule has 0 N–H and O–H groups in total. The Labute approximate surface area is 306 Å². The quantitative estimate of drug-likeness (QED) is 0.177. The molecule has 2 aromatic heterocycles. The van der Waals surface area contributed by atoms with Gasteiger partial charge in [0, 0.05) is 33.7 Å². The molecule has 2 aliphatic carbocycles. The molecule has 1 atom stereocenters. The summed E-state index contributed by atoms with van der Waals surface area (Å²) >= 11 is 0. The van der Waals surface area contributed by atoms with Crippen LogP contribution in [0.3, 0.4) is 0 Å². The molecule has 9 rings (SSSR count). The Bertz CT molecular complexity index is 2450. The highest BCUT2D eigenvalue weighted by molar-refractivity contribution is 5.90. The van der Waals surface area contributed by atoms with E-state index < -0.39 is 0 Å². The lowest BCUT2D eigenvalue weighted by molar-refractivity contribution is 0.660. The van der Waals surface area contributed by atoms with Gasteiger partial charge in [0.2, 0.25) is 0 Å². The van der Waals surface area contributed by atoms with Gasteiger partial charge in [-0.1, -0.05) is 153 Å². The number of aryl methyl sites for hydroxylation is 1. The van der Waals surface area contributed by atoms with Gasteiger partial charge >= 0.3 is 0 Å². The number of aromatic nitrogens is 3. The number of pyridine rings is 1. The van der Waals surface area contributed by atoms with Crippen LogP contribution in [-0.2, 0) is 5.41 Å². The molecular formula is C49H39N3. The summed E-state index contributed by atoms with van der Waals surface area (Å²) in [6.07, 6.45) is 5.56. The predicted molar refractivity (Wildman–Crippen MR) is 215 cm³/mol. The molecule has 7 aromatic rings. The Balaban J connectivity index is 1.18.